The second kappa shape index (κ2) is 21.5. The van der Waals surface area contributed by atoms with Crippen molar-refractivity contribution in [3.63, 3.8) is 0 Å². The SMILES string of the molecule is C=CC(=O)NCCCNCc1cccc(-c2ccc(CC3CN(CC(=O)[O-])CCN(CC(=O)[O-])CCN(CC(=O)[O-])CCN3CC(=O)[O-])cc2)c1. The van der Waals surface area contributed by atoms with Gasteiger partial charge in [-0.2, -0.15) is 0 Å². The van der Waals surface area contributed by atoms with Crippen LogP contribution in [-0.4, -0.2) is 141 Å². The number of benzene rings is 2. The third kappa shape index (κ3) is 15.8. The van der Waals surface area contributed by atoms with E-state index in [1.807, 2.05) is 42.5 Å². The van der Waals surface area contributed by atoms with Gasteiger partial charge in [-0.25, -0.2) is 0 Å². The average Bonchev–Trinajstić information content (AvgIpc) is 3.07. The summed E-state index contributed by atoms with van der Waals surface area (Å²) in [6, 6.07) is 15.3. The fourth-order valence-corrected chi connectivity index (χ4v) is 6.02. The topological polar surface area (TPSA) is 215 Å². The molecule has 1 amide bonds. The fourth-order valence-electron chi connectivity index (χ4n) is 6.02. The van der Waals surface area contributed by atoms with Crippen molar-refractivity contribution in [2.75, 3.05) is 85.1 Å². The summed E-state index contributed by atoms with van der Waals surface area (Å²) in [5.74, 6) is -5.53. The van der Waals surface area contributed by atoms with Crippen LogP contribution < -0.4 is 31.1 Å². The van der Waals surface area contributed by atoms with E-state index in [9.17, 15) is 44.4 Å². The molecule has 15 nitrogen and oxygen atoms in total. The molecule has 0 spiro atoms. The second-order valence-corrected chi connectivity index (χ2v) is 12.5. The standard InChI is InChI=1S/C36H50N6O9/c1-2-32(43)38-12-4-11-37-21-28-5-3-6-30(19-28)29-9-7-27(8-10-29)20-31-22-41(25-35(48)49)16-15-39(23-33(44)45)13-14-40(24-34(46)47)17-18-42(31)26-36(50)51/h2-3,5-10,19,31,37H,1,4,11-18,20-26H2,(H,38,43)(H,44,45)(H,46,47)(H,48,49)(H,50,51)/p-4. The van der Waals surface area contributed by atoms with Gasteiger partial charge >= 0.3 is 0 Å². The first-order chi connectivity index (χ1) is 24.4. The van der Waals surface area contributed by atoms with E-state index in [1.54, 1.807) is 19.6 Å². The van der Waals surface area contributed by atoms with Gasteiger partial charge in [-0.1, -0.05) is 49.0 Å². The van der Waals surface area contributed by atoms with Crippen LogP contribution in [0.1, 0.15) is 17.5 Å². The fraction of sp³-hybridized carbons (Fsp3) is 0.472. The Labute approximate surface area is 298 Å². The van der Waals surface area contributed by atoms with E-state index in [1.165, 1.54) is 6.08 Å². The molecule has 2 N–H and O–H groups in total. The minimum Gasteiger partial charge on any atom is -0.549 e. The smallest absolute Gasteiger partial charge is 0.243 e. The van der Waals surface area contributed by atoms with Crippen LogP contribution >= 0.6 is 0 Å². The predicted molar refractivity (Wildman–Crippen MR) is 180 cm³/mol. The van der Waals surface area contributed by atoms with Gasteiger partial charge in [0.15, 0.2) is 0 Å². The predicted octanol–water partition coefficient (Wildman–Crippen LogP) is -4.73. The first kappa shape index (κ1) is 40.8. The summed E-state index contributed by atoms with van der Waals surface area (Å²) >= 11 is 0. The second-order valence-electron chi connectivity index (χ2n) is 12.5. The molecule has 0 aliphatic carbocycles. The third-order valence-electron chi connectivity index (χ3n) is 8.57. The lowest BCUT2D eigenvalue weighted by Gasteiger charge is -2.39. The number of hydrogen-bond donors (Lipinski definition) is 2. The van der Waals surface area contributed by atoms with Gasteiger partial charge < -0.3 is 50.2 Å². The number of carboxylic acid groups (broad SMARTS) is 4. The van der Waals surface area contributed by atoms with Crippen molar-refractivity contribution in [1.29, 1.82) is 0 Å². The molecule has 0 radical (unpaired) electrons. The normalized spacial score (nSPS) is 17.1. The first-order valence-corrected chi connectivity index (χ1v) is 16.9. The molecule has 3 rings (SSSR count). The molecule has 15 heteroatoms. The first-order valence-electron chi connectivity index (χ1n) is 16.9. The molecule has 278 valence electrons. The van der Waals surface area contributed by atoms with Gasteiger partial charge in [0, 0.05) is 91.1 Å². The van der Waals surface area contributed by atoms with E-state index in [-0.39, 0.29) is 51.7 Å². The van der Waals surface area contributed by atoms with E-state index >= 15 is 0 Å². The van der Waals surface area contributed by atoms with E-state index in [4.69, 9.17) is 0 Å². The molecule has 1 fully saturated rings. The molecule has 1 heterocycles. The summed E-state index contributed by atoms with van der Waals surface area (Å²) in [7, 11) is 0. The number of hydrogen-bond acceptors (Lipinski definition) is 14. The minimum atomic E-state index is -1.34. The lowest BCUT2D eigenvalue weighted by molar-refractivity contribution is -0.309. The maximum atomic E-state index is 11.9. The zero-order valence-corrected chi connectivity index (χ0v) is 28.8. The molecule has 1 aliphatic heterocycles. The van der Waals surface area contributed by atoms with Gasteiger partial charge in [0.25, 0.3) is 0 Å². The third-order valence-corrected chi connectivity index (χ3v) is 8.57. The van der Waals surface area contributed by atoms with Crippen molar-refractivity contribution < 1.29 is 44.4 Å². The van der Waals surface area contributed by atoms with Crippen LogP contribution in [0.3, 0.4) is 0 Å². The Balaban J connectivity index is 1.79. The maximum Gasteiger partial charge on any atom is 0.243 e. The molecule has 1 saturated heterocycles. The molecule has 0 bridgehead atoms. The van der Waals surface area contributed by atoms with E-state index in [0.717, 1.165) is 35.2 Å². The summed E-state index contributed by atoms with van der Waals surface area (Å²) in [5, 5.41) is 52.7. The number of aliphatic carboxylic acids is 4. The summed E-state index contributed by atoms with van der Waals surface area (Å²) in [5.41, 5.74) is 3.90. The van der Waals surface area contributed by atoms with Crippen molar-refractivity contribution in [1.82, 2.24) is 30.2 Å². The number of rotatable bonds is 18. The van der Waals surface area contributed by atoms with Crippen LogP contribution in [0.5, 0.6) is 0 Å². The number of amides is 1. The zero-order chi connectivity index (χ0) is 37.2. The van der Waals surface area contributed by atoms with Crippen LogP contribution in [0.4, 0.5) is 0 Å². The highest BCUT2D eigenvalue weighted by Gasteiger charge is 2.25. The van der Waals surface area contributed by atoms with Crippen molar-refractivity contribution in [2.45, 2.75) is 25.4 Å². The summed E-state index contributed by atoms with van der Waals surface area (Å²) in [6.07, 6.45) is 2.34. The molecule has 2 aromatic rings. The molecule has 1 aliphatic rings. The summed E-state index contributed by atoms with van der Waals surface area (Å²) in [6.45, 7) is 4.51. The van der Waals surface area contributed by atoms with Crippen molar-refractivity contribution >= 4 is 29.8 Å². The molecule has 1 atom stereocenters. The van der Waals surface area contributed by atoms with E-state index < -0.39 is 56.1 Å². The Morgan fingerprint density at radius 2 is 1.25 bits per heavy atom. The number of carboxylic acids is 4. The number of carbonyl (C=O) groups excluding carboxylic acids is 5. The Morgan fingerprint density at radius 3 is 1.84 bits per heavy atom. The highest BCUT2D eigenvalue weighted by Crippen LogP contribution is 2.22. The zero-order valence-electron chi connectivity index (χ0n) is 28.8. The molecule has 0 saturated carbocycles. The Hall–Kier alpha value is -4.67. The molecular weight excluding hydrogens is 660 g/mol. The van der Waals surface area contributed by atoms with Crippen LogP contribution in [-0.2, 0) is 36.9 Å². The van der Waals surface area contributed by atoms with Crippen molar-refractivity contribution in [3.8, 4) is 11.1 Å². The monoisotopic (exact) mass is 706 g/mol. The van der Waals surface area contributed by atoms with Crippen LogP contribution in [0.2, 0.25) is 0 Å². The van der Waals surface area contributed by atoms with Gasteiger partial charge in [0.2, 0.25) is 5.91 Å². The molecule has 0 aromatic heterocycles. The summed E-state index contributed by atoms with van der Waals surface area (Å²) in [4.78, 5) is 64.2. The van der Waals surface area contributed by atoms with E-state index in [0.29, 0.717) is 19.5 Å². The quantitative estimate of drug-likeness (QED) is 0.110. The van der Waals surface area contributed by atoms with Gasteiger partial charge in [0.05, 0.1) is 23.9 Å². The van der Waals surface area contributed by atoms with Gasteiger partial charge in [-0.05, 0) is 53.8 Å². The minimum absolute atomic E-state index is 0.109. The Bertz CT molecular complexity index is 1470. The summed E-state index contributed by atoms with van der Waals surface area (Å²) < 4.78 is 0. The Kier molecular flexibility index (Phi) is 17.2. The lowest BCUT2D eigenvalue weighted by Crippen LogP contribution is -2.55. The maximum absolute atomic E-state index is 11.9. The van der Waals surface area contributed by atoms with Crippen molar-refractivity contribution in [2.24, 2.45) is 0 Å². The molecule has 51 heavy (non-hydrogen) atoms. The van der Waals surface area contributed by atoms with Crippen LogP contribution in [0.15, 0.2) is 61.2 Å². The number of nitrogens with zero attached hydrogens (tertiary/aromatic N) is 4. The van der Waals surface area contributed by atoms with Gasteiger partial charge in [-0.3, -0.25) is 24.4 Å². The largest absolute Gasteiger partial charge is 0.549 e. The molecule has 2 aromatic carbocycles. The van der Waals surface area contributed by atoms with E-state index in [2.05, 4.69) is 23.3 Å². The average molecular weight is 707 g/mol. The van der Waals surface area contributed by atoms with Crippen LogP contribution in [0, 0.1) is 0 Å². The van der Waals surface area contributed by atoms with Crippen molar-refractivity contribution in [3.05, 3.63) is 72.3 Å². The molecular formula is C36H46N6O9-4. The highest BCUT2D eigenvalue weighted by molar-refractivity contribution is 5.86. The van der Waals surface area contributed by atoms with Gasteiger partial charge in [0.1, 0.15) is 0 Å². The number of carbonyl (C=O) groups is 5. The lowest BCUT2D eigenvalue weighted by atomic mass is 9.98. The molecule has 1 unspecified atom stereocenters. The Morgan fingerprint density at radius 1 is 0.686 bits per heavy atom. The number of nitrogens with one attached hydrogen (secondary N) is 2. The highest BCUT2D eigenvalue weighted by atomic mass is 16.4. The van der Waals surface area contributed by atoms with Gasteiger partial charge in [-0.15, -0.1) is 0 Å². The van der Waals surface area contributed by atoms with Crippen LogP contribution in [0.25, 0.3) is 11.1 Å².